The number of aromatic nitrogens is 1. The maximum Gasteiger partial charge on any atom is 0.419 e. The molecule has 3 rings (SSSR count). The first-order valence-corrected chi connectivity index (χ1v) is 8.34. The summed E-state index contributed by atoms with van der Waals surface area (Å²) >= 11 is 7.14. The van der Waals surface area contributed by atoms with Crippen LogP contribution in [0.3, 0.4) is 0 Å². The molecule has 3 aromatic rings. The minimum atomic E-state index is -0.306. The van der Waals surface area contributed by atoms with E-state index in [2.05, 4.69) is 44.0 Å². The Morgan fingerprint density at radius 3 is 2.48 bits per heavy atom. The van der Waals surface area contributed by atoms with Crippen LogP contribution in [0.5, 0.6) is 0 Å². The number of fused-ring (bicyclic) bond motifs is 1. The standard InChI is InChI=1S/C16H13Br2NO2/c1-2-19-13-8-5-11(9-14(13)21-16(19)20)15(18)10-3-6-12(17)7-4-10/h3-9,15H,2H2,1H3. The summed E-state index contributed by atoms with van der Waals surface area (Å²) in [4.78, 5) is 11.8. The van der Waals surface area contributed by atoms with Gasteiger partial charge in [0.05, 0.1) is 10.3 Å². The third-order valence-corrected chi connectivity index (χ3v) is 5.05. The van der Waals surface area contributed by atoms with E-state index in [1.165, 1.54) is 0 Å². The normalized spacial score (nSPS) is 12.7. The van der Waals surface area contributed by atoms with Crippen molar-refractivity contribution >= 4 is 43.0 Å². The van der Waals surface area contributed by atoms with E-state index in [1.807, 2.05) is 37.3 Å². The highest BCUT2D eigenvalue weighted by Crippen LogP contribution is 2.33. The van der Waals surface area contributed by atoms with Crippen LogP contribution < -0.4 is 5.76 Å². The highest BCUT2D eigenvalue weighted by molar-refractivity contribution is 9.10. The lowest BCUT2D eigenvalue weighted by atomic mass is 10.0. The summed E-state index contributed by atoms with van der Waals surface area (Å²) < 4.78 is 7.99. The molecule has 0 radical (unpaired) electrons. The van der Waals surface area contributed by atoms with E-state index in [1.54, 1.807) is 4.57 Å². The number of benzene rings is 2. The van der Waals surface area contributed by atoms with Crippen LogP contribution in [-0.4, -0.2) is 4.57 Å². The van der Waals surface area contributed by atoms with Gasteiger partial charge in [-0.2, -0.15) is 0 Å². The molecule has 1 aromatic heterocycles. The van der Waals surface area contributed by atoms with Gasteiger partial charge in [0.2, 0.25) is 0 Å². The number of rotatable bonds is 3. The fourth-order valence-corrected chi connectivity index (χ4v) is 3.22. The Kier molecular flexibility index (Phi) is 4.04. The molecule has 2 aromatic carbocycles. The minimum Gasteiger partial charge on any atom is -0.408 e. The molecule has 1 atom stereocenters. The van der Waals surface area contributed by atoms with E-state index in [0.29, 0.717) is 12.1 Å². The van der Waals surface area contributed by atoms with Crippen LogP contribution in [0.2, 0.25) is 0 Å². The summed E-state index contributed by atoms with van der Waals surface area (Å²) in [6.45, 7) is 2.54. The summed E-state index contributed by atoms with van der Waals surface area (Å²) in [7, 11) is 0. The number of alkyl halides is 1. The lowest BCUT2D eigenvalue weighted by Crippen LogP contribution is -2.11. The Morgan fingerprint density at radius 1 is 1.14 bits per heavy atom. The summed E-state index contributed by atoms with van der Waals surface area (Å²) in [5.41, 5.74) is 3.67. The van der Waals surface area contributed by atoms with Gasteiger partial charge in [-0.3, -0.25) is 4.57 Å². The fourth-order valence-electron chi connectivity index (χ4n) is 2.36. The molecule has 0 saturated heterocycles. The van der Waals surface area contributed by atoms with Crippen LogP contribution in [0.25, 0.3) is 11.1 Å². The summed E-state index contributed by atoms with van der Waals surface area (Å²) in [5, 5.41) is 0. The van der Waals surface area contributed by atoms with E-state index >= 15 is 0 Å². The smallest absolute Gasteiger partial charge is 0.408 e. The van der Waals surface area contributed by atoms with Crippen molar-refractivity contribution in [3.8, 4) is 0 Å². The molecule has 0 fully saturated rings. The van der Waals surface area contributed by atoms with Crippen molar-refractivity contribution in [2.75, 3.05) is 0 Å². The second-order valence-corrected chi connectivity index (χ2v) is 6.58. The van der Waals surface area contributed by atoms with Gasteiger partial charge in [0.15, 0.2) is 5.58 Å². The number of nitrogens with zero attached hydrogens (tertiary/aromatic N) is 1. The van der Waals surface area contributed by atoms with Crippen LogP contribution in [0.1, 0.15) is 22.9 Å². The van der Waals surface area contributed by atoms with E-state index < -0.39 is 0 Å². The summed E-state index contributed by atoms with van der Waals surface area (Å²) in [6.07, 6.45) is 0. The maximum atomic E-state index is 11.7. The van der Waals surface area contributed by atoms with Crippen LogP contribution in [0.15, 0.2) is 56.1 Å². The minimum absolute atomic E-state index is 0.0604. The molecular weight excluding hydrogens is 398 g/mol. The molecule has 1 unspecified atom stereocenters. The molecule has 0 aliphatic carbocycles. The molecule has 0 spiro atoms. The molecule has 0 amide bonds. The lowest BCUT2D eigenvalue weighted by molar-refractivity contribution is 0.513. The number of oxazole rings is 1. The Morgan fingerprint density at radius 2 is 1.81 bits per heavy atom. The molecule has 108 valence electrons. The SMILES string of the molecule is CCn1c(=O)oc2cc(C(Br)c3ccc(Br)cc3)ccc21. The first-order valence-electron chi connectivity index (χ1n) is 6.63. The molecule has 0 aliphatic heterocycles. The lowest BCUT2D eigenvalue weighted by Gasteiger charge is -2.11. The second kappa shape index (κ2) is 5.81. The first-order chi connectivity index (χ1) is 10.1. The van der Waals surface area contributed by atoms with Gasteiger partial charge < -0.3 is 4.42 Å². The fraction of sp³-hybridized carbons (Fsp3) is 0.188. The molecular formula is C16H13Br2NO2. The highest BCUT2D eigenvalue weighted by atomic mass is 79.9. The molecule has 0 N–H and O–H groups in total. The van der Waals surface area contributed by atoms with Crippen molar-refractivity contribution in [2.45, 2.75) is 18.3 Å². The van der Waals surface area contributed by atoms with Gasteiger partial charge in [0, 0.05) is 11.0 Å². The van der Waals surface area contributed by atoms with Crippen LogP contribution >= 0.6 is 31.9 Å². The maximum absolute atomic E-state index is 11.7. The number of aryl methyl sites for hydroxylation is 1. The van der Waals surface area contributed by atoms with Crippen molar-refractivity contribution in [3.05, 3.63) is 68.6 Å². The summed E-state index contributed by atoms with van der Waals surface area (Å²) in [6, 6.07) is 14.0. The third-order valence-electron chi connectivity index (χ3n) is 3.46. The zero-order valence-corrected chi connectivity index (χ0v) is 14.5. The van der Waals surface area contributed by atoms with Crippen LogP contribution in [-0.2, 0) is 6.54 Å². The van der Waals surface area contributed by atoms with Gasteiger partial charge in [-0.15, -0.1) is 0 Å². The van der Waals surface area contributed by atoms with Gasteiger partial charge >= 0.3 is 5.76 Å². The van der Waals surface area contributed by atoms with E-state index in [4.69, 9.17) is 4.42 Å². The molecule has 1 heterocycles. The molecule has 0 bridgehead atoms. The van der Waals surface area contributed by atoms with Crippen molar-refractivity contribution in [1.82, 2.24) is 4.57 Å². The molecule has 21 heavy (non-hydrogen) atoms. The van der Waals surface area contributed by atoms with Gasteiger partial charge in [0.1, 0.15) is 0 Å². The van der Waals surface area contributed by atoms with Crippen molar-refractivity contribution in [3.63, 3.8) is 0 Å². The molecule has 0 aliphatic rings. The molecule has 0 saturated carbocycles. The van der Waals surface area contributed by atoms with Gasteiger partial charge in [0.25, 0.3) is 0 Å². The molecule has 5 heteroatoms. The van der Waals surface area contributed by atoms with E-state index in [0.717, 1.165) is 21.1 Å². The zero-order chi connectivity index (χ0) is 15.0. The third kappa shape index (κ3) is 2.72. The monoisotopic (exact) mass is 409 g/mol. The topological polar surface area (TPSA) is 35.1 Å². The van der Waals surface area contributed by atoms with E-state index in [-0.39, 0.29) is 10.6 Å². The average Bonchev–Trinajstić information content (AvgIpc) is 2.81. The van der Waals surface area contributed by atoms with Crippen LogP contribution in [0, 0.1) is 0 Å². The summed E-state index contributed by atoms with van der Waals surface area (Å²) in [5.74, 6) is -0.306. The van der Waals surface area contributed by atoms with E-state index in [9.17, 15) is 4.79 Å². The second-order valence-electron chi connectivity index (χ2n) is 4.75. The Bertz CT molecular complexity index is 834. The average molecular weight is 411 g/mol. The number of hydrogen-bond donors (Lipinski definition) is 0. The van der Waals surface area contributed by atoms with Crippen molar-refractivity contribution < 1.29 is 4.42 Å². The zero-order valence-electron chi connectivity index (χ0n) is 11.3. The predicted molar refractivity (Wildman–Crippen MR) is 91.1 cm³/mol. The van der Waals surface area contributed by atoms with Gasteiger partial charge in [-0.05, 0) is 42.3 Å². The predicted octanol–water partition coefficient (Wildman–Crippen LogP) is 4.86. The van der Waals surface area contributed by atoms with Crippen molar-refractivity contribution in [2.24, 2.45) is 0 Å². The Hall–Kier alpha value is -1.33. The largest absolute Gasteiger partial charge is 0.419 e. The van der Waals surface area contributed by atoms with Crippen LogP contribution in [0.4, 0.5) is 0 Å². The highest BCUT2D eigenvalue weighted by Gasteiger charge is 2.14. The van der Waals surface area contributed by atoms with Gasteiger partial charge in [-0.1, -0.05) is 50.1 Å². The number of hydrogen-bond acceptors (Lipinski definition) is 2. The Balaban J connectivity index is 2.04. The van der Waals surface area contributed by atoms with Gasteiger partial charge in [-0.25, -0.2) is 4.79 Å². The molecule has 3 nitrogen and oxygen atoms in total. The first kappa shape index (κ1) is 14.6. The quantitative estimate of drug-likeness (QED) is 0.578. The Labute approximate surface area is 138 Å². The van der Waals surface area contributed by atoms with Crippen molar-refractivity contribution in [1.29, 1.82) is 0 Å². The number of halogens is 2.